The number of halogens is 3. The first-order valence-electron chi connectivity index (χ1n) is 11.8. The van der Waals surface area contributed by atoms with Crippen LogP contribution in [-0.4, -0.2) is 45.3 Å². The third kappa shape index (κ3) is 3.79. The molecule has 1 amide bonds. The van der Waals surface area contributed by atoms with E-state index in [9.17, 15) is 18.0 Å². The first-order chi connectivity index (χ1) is 17.3. The van der Waals surface area contributed by atoms with Crippen molar-refractivity contribution in [2.75, 3.05) is 19.7 Å². The van der Waals surface area contributed by atoms with Gasteiger partial charge in [-0.2, -0.15) is 18.3 Å². The van der Waals surface area contributed by atoms with Gasteiger partial charge in [0.05, 0.1) is 5.69 Å². The lowest BCUT2D eigenvalue weighted by atomic mass is 9.98. The van der Waals surface area contributed by atoms with Crippen molar-refractivity contribution in [3.05, 3.63) is 88.9 Å². The summed E-state index contributed by atoms with van der Waals surface area (Å²) in [6, 6.07) is 18.8. The summed E-state index contributed by atoms with van der Waals surface area (Å²) in [6.45, 7) is 2.53. The van der Waals surface area contributed by atoms with Crippen molar-refractivity contribution in [1.82, 2.24) is 19.5 Å². The second kappa shape index (κ2) is 8.36. The Bertz CT molecular complexity index is 1430. The number of fused-ring (bicyclic) bond motifs is 4. The molecule has 1 saturated heterocycles. The van der Waals surface area contributed by atoms with Crippen molar-refractivity contribution in [2.24, 2.45) is 0 Å². The van der Waals surface area contributed by atoms with E-state index >= 15 is 0 Å². The number of likely N-dealkylation sites (tertiary alicyclic amines) is 1. The largest absolute Gasteiger partial charge is 0.448 e. The van der Waals surface area contributed by atoms with E-state index in [4.69, 9.17) is 4.74 Å². The number of aryl methyl sites for hydroxylation is 1. The Morgan fingerprint density at radius 3 is 2.39 bits per heavy atom. The average molecular weight is 493 g/mol. The average Bonchev–Trinajstić information content (AvgIpc) is 3.57. The predicted molar refractivity (Wildman–Crippen MR) is 127 cm³/mol. The fourth-order valence-corrected chi connectivity index (χ4v) is 5.37. The van der Waals surface area contributed by atoms with Gasteiger partial charge in [-0.25, -0.2) is 14.3 Å². The molecule has 6 rings (SSSR count). The van der Waals surface area contributed by atoms with Crippen molar-refractivity contribution in [3.8, 4) is 11.1 Å². The van der Waals surface area contributed by atoms with Crippen LogP contribution >= 0.6 is 0 Å². The third-order valence-corrected chi connectivity index (χ3v) is 7.07. The van der Waals surface area contributed by atoms with Crippen LogP contribution in [0.4, 0.5) is 18.0 Å². The van der Waals surface area contributed by atoms with Gasteiger partial charge < -0.3 is 9.64 Å². The van der Waals surface area contributed by atoms with Crippen molar-refractivity contribution < 1.29 is 22.7 Å². The standard InChI is InChI=1S/C27H23F3N4O2/c1-16-12-24(27(28,29)30)34-25(31-16)13-23(32-34)17-10-11-33(14-17)26(35)36-15-22-20-8-4-2-6-18(20)19-7-3-5-9-21(19)22/h2-9,12-13,17,22H,10-11,14-15H2,1H3/t17-/m1/s1. The second-order valence-corrected chi connectivity index (χ2v) is 9.36. The number of carbonyl (C=O) groups is 1. The SMILES string of the molecule is Cc1cc(C(F)(F)F)n2nc([C@@H]3CCN(C(=O)OCC4c5ccccc5-c5ccccc54)C3)cc2n1. The lowest BCUT2D eigenvalue weighted by Crippen LogP contribution is -2.30. The molecule has 1 aliphatic carbocycles. The molecule has 4 aromatic rings. The van der Waals surface area contributed by atoms with E-state index in [0.717, 1.165) is 32.8 Å². The maximum absolute atomic E-state index is 13.5. The molecule has 0 unspecified atom stereocenters. The number of aromatic nitrogens is 3. The summed E-state index contributed by atoms with van der Waals surface area (Å²) >= 11 is 0. The first-order valence-corrected chi connectivity index (χ1v) is 11.8. The van der Waals surface area contributed by atoms with Crippen molar-refractivity contribution in [3.63, 3.8) is 0 Å². The van der Waals surface area contributed by atoms with Gasteiger partial charge in [-0.1, -0.05) is 48.5 Å². The summed E-state index contributed by atoms with van der Waals surface area (Å²) < 4.78 is 47.1. The molecule has 0 saturated carbocycles. The molecule has 1 aliphatic heterocycles. The third-order valence-electron chi connectivity index (χ3n) is 7.07. The van der Waals surface area contributed by atoms with Crippen LogP contribution in [0.15, 0.2) is 60.7 Å². The molecular formula is C27H23F3N4O2. The van der Waals surface area contributed by atoms with Crippen LogP contribution in [0.1, 0.15) is 46.5 Å². The van der Waals surface area contributed by atoms with Gasteiger partial charge in [0.2, 0.25) is 0 Å². The van der Waals surface area contributed by atoms with E-state index in [1.165, 1.54) is 6.92 Å². The van der Waals surface area contributed by atoms with Gasteiger partial charge in [-0.3, -0.25) is 0 Å². The summed E-state index contributed by atoms with van der Waals surface area (Å²) in [5.74, 6) is -0.220. The second-order valence-electron chi connectivity index (χ2n) is 9.36. The van der Waals surface area contributed by atoms with Gasteiger partial charge in [-0.05, 0) is 41.7 Å². The smallest absolute Gasteiger partial charge is 0.433 e. The minimum Gasteiger partial charge on any atom is -0.448 e. The maximum atomic E-state index is 13.5. The Kier molecular flexibility index (Phi) is 5.24. The highest BCUT2D eigenvalue weighted by Gasteiger charge is 2.37. The van der Waals surface area contributed by atoms with E-state index in [-0.39, 0.29) is 29.8 Å². The molecule has 0 N–H and O–H groups in total. The predicted octanol–water partition coefficient (Wildman–Crippen LogP) is 5.79. The zero-order chi connectivity index (χ0) is 25.0. The monoisotopic (exact) mass is 492 g/mol. The molecule has 0 spiro atoms. The molecule has 2 aromatic carbocycles. The number of hydrogen-bond acceptors (Lipinski definition) is 4. The molecular weight excluding hydrogens is 469 g/mol. The van der Waals surface area contributed by atoms with Crippen molar-refractivity contribution in [2.45, 2.75) is 31.4 Å². The molecule has 3 heterocycles. The van der Waals surface area contributed by atoms with Gasteiger partial charge in [-0.15, -0.1) is 0 Å². The van der Waals surface area contributed by atoms with E-state index in [1.807, 2.05) is 24.3 Å². The van der Waals surface area contributed by atoms with Crippen LogP contribution in [0.2, 0.25) is 0 Å². The highest BCUT2D eigenvalue weighted by atomic mass is 19.4. The summed E-state index contributed by atoms with van der Waals surface area (Å²) in [5, 5.41) is 4.21. The van der Waals surface area contributed by atoms with Crippen molar-refractivity contribution >= 4 is 11.7 Å². The quantitative estimate of drug-likeness (QED) is 0.363. The van der Waals surface area contributed by atoms with Crippen LogP contribution in [0.25, 0.3) is 16.8 Å². The topological polar surface area (TPSA) is 59.7 Å². The lowest BCUT2D eigenvalue weighted by molar-refractivity contribution is -0.142. The molecule has 9 heteroatoms. The van der Waals surface area contributed by atoms with E-state index in [0.29, 0.717) is 25.2 Å². The minimum absolute atomic E-state index is 0.0340. The van der Waals surface area contributed by atoms with Crippen LogP contribution in [0.3, 0.4) is 0 Å². The van der Waals surface area contributed by atoms with Crippen LogP contribution in [0.5, 0.6) is 0 Å². The Hall–Kier alpha value is -3.88. The van der Waals surface area contributed by atoms with Gasteiger partial charge >= 0.3 is 12.3 Å². The van der Waals surface area contributed by atoms with E-state index < -0.39 is 18.0 Å². The number of ether oxygens (including phenoxy) is 1. The van der Waals surface area contributed by atoms with E-state index in [2.05, 4.69) is 34.3 Å². The summed E-state index contributed by atoms with van der Waals surface area (Å²) in [6.07, 6.45) is -4.37. The fraction of sp³-hybridized carbons (Fsp3) is 0.296. The van der Waals surface area contributed by atoms with E-state index in [1.54, 1.807) is 11.0 Å². The molecule has 184 valence electrons. The number of nitrogens with zero attached hydrogens (tertiary/aromatic N) is 4. The maximum Gasteiger partial charge on any atom is 0.433 e. The minimum atomic E-state index is -4.54. The Labute approximate surface area is 205 Å². The number of alkyl halides is 3. The zero-order valence-corrected chi connectivity index (χ0v) is 19.5. The highest BCUT2D eigenvalue weighted by molar-refractivity contribution is 5.79. The number of rotatable bonds is 3. The molecule has 2 aromatic heterocycles. The first kappa shape index (κ1) is 22.6. The molecule has 6 nitrogen and oxygen atoms in total. The van der Waals surface area contributed by atoms with Crippen LogP contribution in [-0.2, 0) is 10.9 Å². The van der Waals surface area contributed by atoms with Gasteiger partial charge in [0.1, 0.15) is 12.3 Å². The molecule has 1 atom stereocenters. The van der Waals surface area contributed by atoms with Crippen LogP contribution < -0.4 is 0 Å². The number of amides is 1. The number of hydrogen-bond donors (Lipinski definition) is 0. The fourth-order valence-electron chi connectivity index (χ4n) is 5.37. The molecule has 0 bridgehead atoms. The molecule has 1 fully saturated rings. The number of carbonyl (C=O) groups excluding carboxylic acids is 1. The Balaban J connectivity index is 1.16. The summed E-state index contributed by atoms with van der Waals surface area (Å²) in [7, 11) is 0. The lowest BCUT2D eigenvalue weighted by Gasteiger charge is -2.19. The Morgan fingerprint density at radius 1 is 1.06 bits per heavy atom. The summed E-state index contributed by atoms with van der Waals surface area (Å²) in [4.78, 5) is 18.7. The molecule has 36 heavy (non-hydrogen) atoms. The summed E-state index contributed by atoms with van der Waals surface area (Å²) in [5.41, 5.74) is 4.64. The van der Waals surface area contributed by atoms with Gasteiger partial charge in [0, 0.05) is 36.7 Å². The zero-order valence-electron chi connectivity index (χ0n) is 19.5. The van der Waals surface area contributed by atoms with Crippen molar-refractivity contribution in [1.29, 1.82) is 0 Å². The molecule has 2 aliphatic rings. The highest BCUT2D eigenvalue weighted by Crippen LogP contribution is 2.44. The number of benzene rings is 2. The normalized spacial score (nSPS) is 17.4. The van der Waals surface area contributed by atoms with Gasteiger partial charge in [0.15, 0.2) is 5.65 Å². The van der Waals surface area contributed by atoms with Gasteiger partial charge in [0.25, 0.3) is 0 Å². The Morgan fingerprint density at radius 2 is 1.72 bits per heavy atom. The van der Waals surface area contributed by atoms with Crippen LogP contribution in [0, 0.1) is 6.92 Å². The molecule has 0 radical (unpaired) electrons.